The summed E-state index contributed by atoms with van der Waals surface area (Å²) in [6, 6.07) is 5.75. The van der Waals surface area contributed by atoms with Gasteiger partial charge in [0.1, 0.15) is 5.75 Å². The summed E-state index contributed by atoms with van der Waals surface area (Å²) in [6.45, 7) is 4.43. The van der Waals surface area contributed by atoms with Crippen LogP contribution in [-0.2, 0) is 0 Å². The van der Waals surface area contributed by atoms with Crippen LogP contribution >= 0.6 is 0 Å². The highest BCUT2D eigenvalue weighted by atomic mass is 16.7. The molecule has 5 nitrogen and oxygen atoms in total. The van der Waals surface area contributed by atoms with Crippen LogP contribution in [0.15, 0.2) is 18.2 Å². The second-order valence-corrected chi connectivity index (χ2v) is 6.49. The van der Waals surface area contributed by atoms with Crippen LogP contribution in [0.25, 0.3) is 0 Å². The minimum atomic E-state index is 0.306. The molecule has 1 aliphatic carbocycles. The molecule has 0 amide bonds. The molecule has 4 rings (SSSR count). The average molecular weight is 304 g/mol. The minimum Gasteiger partial charge on any atom is -0.493 e. The Morgan fingerprint density at radius 3 is 3.00 bits per heavy atom. The second kappa shape index (κ2) is 5.97. The molecule has 1 aromatic rings. The Morgan fingerprint density at radius 2 is 2.18 bits per heavy atom. The Morgan fingerprint density at radius 1 is 1.27 bits per heavy atom. The lowest BCUT2D eigenvalue weighted by Crippen LogP contribution is -2.40. The smallest absolute Gasteiger partial charge is 0.231 e. The molecule has 1 saturated heterocycles. The molecule has 0 radical (unpaired) electrons. The molecule has 5 heteroatoms. The van der Waals surface area contributed by atoms with Gasteiger partial charge in [0, 0.05) is 11.6 Å². The van der Waals surface area contributed by atoms with Gasteiger partial charge in [-0.25, -0.2) is 0 Å². The van der Waals surface area contributed by atoms with E-state index in [0.717, 1.165) is 42.7 Å². The van der Waals surface area contributed by atoms with Gasteiger partial charge in [-0.15, -0.1) is 0 Å². The number of rotatable bonds is 7. The topological polar surface area (TPSA) is 51.8 Å². The highest BCUT2D eigenvalue weighted by Crippen LogP contribution is 2.44. The molecule has 0 spiro atoms. The molecular weight excluding hydrogens is 280 g/mol. The van der Waals surface area contributed by atoms with E-state index in [1.54, 1.807) is 0 Å². The molecule has 2 fully saturated rings. The summed E-state index contributed by atoms with van der Waals surface area (Å²) in [5.41, 5.74) is 0.433. The molecule has 1 aromatic carbocycles. The molecule has 1 atom stereocenters. The van der Waals surface area contributed by atoms with Gasteiger partial charge in [0.2, 0.25) is 6.79 Å². The molecule has 0 bridgehead atoms. The predicted octanol–water partition coefficient (Wildman–Crippen LogP) is 1.92. The summed E-state index contributed by atoms with van der Waals surface area (Å²) in [4.78, 5) is 0. The SMILES string of the molecule is c1cc2c(cc1OCCCNC1(C3CCNC3)CC1)OCO2. The Balaban J connectivity index is 1.18. The average Bonchev–Trinajstić information content (AvgIpc) is 2.96. The highest BCUT2D eigenvalue weighted by molar-refractivity contribution is 5.46. The summed E-state index contributed by atoms with van der Waals surface area (Å²) < 4.78 is 16.5. The van der Waals surface area contributed by atoms with E-state index in [1.807, 2.05) is 18.2 Å². The van der Waals surface area contributed by atoms with Gasteiger partial charge in [-0.1, -0.05) is 0 Å². The largest absolute Gasteiger partial charge is 0.493 e. The third-order valence-electron chi connectivity index (χ3n) is 5.04. The fourth-order valence-corrected chi connectivity index (χ4v) is 3.56. The molecular formula is C17H24N2O3. The van der Waals surface area contributed by atoms with Crippen LogP contribution in [0.5, 0.6) is 17.2 Å². The molecule has 22 heavy (non-hydrogen) atoms. The minimum absolute atomic E-state index is 0.306. The van der Waals surface area contributed by atoms with Gasteiger partial charge in [-0.05, 0) is 63.4 Å². The van der Waals surface area contributed by atoms with Crippen molar-refractivity contribution < 1.29 is 14.2 Å². The zero-order valence-electron chi connectivity index (χ0n) is 12.9. The Hall–Kier alpha value is -1.46. The zero-order chi connectivity index (χ0) is 14.8. The quantitative estimate of drug-likeness (QED) is 0.754. The highest BCUT2D eigenvalue weighted by Gasteiger charge is 2.49. The van der Waals surface area contributed by atoms with Gasteiger partial charge in [0.25, 0.3) is 0 Å². The van der Waals surface area contributed by atoms with Crippen molar-refractivity contribution >= 4 is 0 Å². The Labute approximate surface area is 131 Å². The van der Waals surface area contributed by atoms with E-state index >= 15 is 0 Å². The van der Waals surface area contributed by atoms with Gasteiger partial charge >= 0.3 is 0 Å². The van der Waals surface area contributed by atoms with Crippen LogP contribution in [-0.4, -0.2) is 38.6 Å². The standard InChI is InChI=1S/C17H24N2O3/c1(7-19-17(5-6-17)13-4-8-18-11-13)9-20-14-2-3-15-16(10-14)22-12-21-15/h2-3,10,13,18-19H,1,4-9,11-12H2. The molecule has 1 saturated carbocycles. The number of ether oxygens (including phenoxy) is 3. The van der Waals surface area contributed by atoms with Crippen molar-refractivity contribution in [1.82, 2.24) is 10.6 Å². The third kappa shape index (κ3) is 2.88. The normalized spacial score (nSPS) is 24.5. The van der Waals surface area contributed by atoms with E-state index in [0.29, 0.717) is 12.3 Å². The molecule has 2 aliphatic heterocycles. The Kier molecular flexibility index (Phi) is 3.84. The summed E-state index contributed by atoms with van der Waals surface area (Å²) in [5.74, 6) is 3.25. The lowest BCUT2D eigenvalue weighted by Gasteiger charge is -2.23. The van der Waals surface area contributed by atoms with Gasteiger partial charge in [-0.3, -0.25) is 0 Å². The van der Waals surface area contributed by atoms with Crippen molar-refractivity contribution in [2.45, 2.75) is 31.2 Å². The van der Waals surface area contributed by atoms with Crippen LogP contribution in [0.1, 0.15) is 25.7 Å². The molecule has 2 N–H and O–H groups in total. The van der Waals surface area contributed by atoms with Crippen LogP contribution in [0.2, 0.25) is 0 Å². The lowest BCUT2D eigenvalue weighted by molar-refractivity contribution is 0.173. The molecule has 0 aromatic heterocycles. The van der Waals surface area contributed by atoms with Crippen molar-refractivity contribution in [1.29, 1.82) is 0 Å². The van der Waals surface area contributed by atoms with Crippen molar-refractivity contribution in [2.75, 3.05) is 33.0 Å². The van der Waals surface area contributed by atoms with E-state index in [1.165, 1.54) is 32.4 Å². The van der Waals surface area contributed by atoms with E-state index in [4.69, 9.17) is 14.2 Å². The van der Waals surface area contributed by atoms with E-state index in [-0.39, 0.29) is 0 Å². The summed E-state index contributed by atoms with van der Waals surface area (Å²) in [7, 11) is 0. The fourth-order valence-electron chi connectivity index (χ4n) is 3.56. The maximum atomic E-state index is 5.80. The Bertz CT molecular complexity index is 525. The van der Waals surface area contributed by atoms with Gasteiger partial charge in [0.05, 0.1) is 6.61 Å². The van der Waals surface area contributed by atoms with E-state index < -0.39 is 0 Å². The van der Waals surface area contributed by atoms with E-state index in [2.05, 4.69) is 10.6 Å². The van der Waals surface area contributed by atoms with Crippen molar-refractivity contribution in [3.05, 3.63) is 18.2 Å². The van der Waals surface area contributed by atoms with E-state index in [9.17, 15) is 0 Å². The van der Waals surface area contributed by atoms with Crippen molar-refractivity contribution in [3.63, 3.8) is 0 Å². The third-order valence-corrected chi connectivity index (χ3v) is 5.04. The maximum Gasteiger partial charge on any atom is 0.231 e. The van der Waals surface area contributed by atoms with Gasteiger partial charge in [-0.2, -0.15) is 0 Å². The first-order valence-corrected chi connectivity index (χ1v) is 8.34. The van der Waals surface area contributed by atoms with Crippen LogP contribution in [0, 0.1) is 5.92 Å². The van der Waals surface area contributed by atoms with Crippen LogP contribution in [0.3, 0.4) is 0 Å². The molecule has 3 aliphatic rings. The number of nitrogens with one attached hydrogen (secondary N) is 2. The van der Waals surface area contributed by atoms with Crippen molar-refractivity contribution in [2.24, 2.45) is 5.92 Å². The van der Waals surface area contributed by atoms with Crippen molar-refractivity contribution in [3.8, 4) is 17.2 Å². The van der Waals surface area contributed by atoms with Gasteiger partial charge in [0.15, 0.2) is 11.5 Å². The summed E-state index contributed by atoms with van der Waals surface area (Å²) in [5, 5.41) is 7.25. The summed E-state index contributed by atoms with van der Waals surface area (Å²) >= 11 is 0. The fraction of sp³-hybridized carbons (Fsp3) is 0.647. The zero-order valence-corrected chi connectivity index (χ0v) is 12.9. The molecule has 1 unspecified atom stereocenters. The lowest BCUT2D eigenvalue weighted by atomic mass is 9.96. The first kappa shape index (κ1) is 14.2. The first-order chi connectivity index (χ1) is 10.9. The van der Waals surface area contributed by atoms with Crippen LogP contribution < -0.4 is 24.8 Å². The number of hydrogen-bond acceptors (Lipinski definition) is 5. The molecule has 120 valence electrons. The molecule has 2 heterocycles. The summed E-state index contributed by atoms with van der Waals surface area (Å²) in [6.07, 6.45) is 5.02. The number of hydrogen-bond donors (Lipinski definition) is 2. The maximum absolute atomic E-state index is 5.80. The predicted molar refractivity (Wildman–Crippen MR) is 83.6 cm³/mol. The first-order valence-electron chi connectivity index (χ1n) is 8.34. The monoisotopic (exact) mass is 304 g/mol. The van der Waals surface area contributed by atoms with Crippen LogP contribution in [0.4, 0.5) is 0 Å². The second-order valence-electron chi connectivity index (χ2n) is 6.49. The van der Waals surface area contributed by atoms with Gasteiger partial charge < -0.3 is 24.8 Å². The number of fused-ring (bicyclic) bond motifs is 1. The number of benzene rings is 1.